The van der Waals surface area contributed by atoms with Gasteiger partial charge in [-0.25, -0.2) is 9.79 Å². The second kappa shape index (κ2) is 12.3. The van der Waals surface area contributed by atoms with Gasteiger partial charge in [0.25, 0.3) is 5.56 Å². The highest BCUT2D eigenvalue weighted by Crippen LogP contribution is 2.41. The van der Waals surface area contributed by atoms with Crippen molar-refractivity contribution < 1.29 is 28.8 Å². The number of benzene rings is 2. The van der Waals surface area contributed by atoms with Gasteiger partial charge in [-0.15, -0.1) is 6.58 Å². The number of aromatic hydroxyl groups is 1. The van der Waals surface area contributed by atoms with Crippen LogP contribution in [0.25, 0.3) is 6.08 Å². The number of rotatable bonds is 10. The lowest BCUT2D eigenvalue weighted by Crippen LogP contribution is -2.40. The maximum Gasteiger partial charge on any atom is 0.338 e. The molecule has 1 N–H and O–H groups in total. The van der Waals surface area contributed by atoms with E-state index in [4.69, 9.17) is 18.9 Å². The Kier molecular flexibility index (Phi) is 8.79. The zero-order valence-corrected chi connectivity index (χ0v) is 24.0. The molecule has 0 fully saturated rings. The number of ether oxygens (including phenoxy) is 4. The molecule has 1 aromatic heterocycles. The Hall–Kier alpha value is -4.31. The van der Waals surface area contributed by atoms with Gasteiger partial charge in [0.05, 0.1) is 43.2 Å². The van der Waals surface area contributed by atoms with Crippen molar-refractivity contribution in [3.05, 3.63) is 90.6 Å². The van der Waals surface area contributed by atoms with Crippen LogP contribution in [-0.4, -0.2) is 43.1 Å². The maximum atomic E-state index is 14.0. The standard InChI is InChI=1S/C30H32N2O7S/c1-7-11-19-14-18(15-22(37-6)26(19)33)16-23-28(34)32-25(20-12-10-13-21(36-5)27(20)38-8-2)24(29(35)39-9-3)17(4)31-30(32)40-23/h7,10,12-16,25,33H,1,8-9,11H2,2-6H3/b23-16+/t25-/m0/s1. The van der Waals surface area contributed by atoms with Crippen molar-refractivity contribution in [2.75, 3.05) is 27.4 Å². The minimum absolute atomic E-state index is 0.0252. The molecule has 9 nitrogen and oxygen atoms in total. The average Bonchev–Trinajstić information content (AvgIpc) is 3.24. The molecule has 0 bridgehead atoms. The lowest BCUT2D eigenvalue weighted by Gasteiger charge is -2.26. The third-order valence-electron chi connectivity index (χ3n) is 6.39. The van der Waals surface area contributed by atoms with Gasteiger partial charge in [0.15, 0.2) is 27.8 Å². The first-order valence-electron chi connectivity index (χ1n) is 12.8. The molecule has 0 saturated carbocycles. The molecule has 1 aliphatic rings. The fourth-order valence-electron chi connectivity index (χ4n) is 4.68. The molecule has 1 atom stereocenters. The van der Waals surface area contributed by atoms with Gasteiger partial charge in [0.2, 0.25) is 0 Å². The fraction of sp³-hybridized carbons (Fsp3) is 0.300. The summed E-state index contributed by atoms with van der Waals surface area (Å²) in [6.45, 7) is 9.56. The minimum atomic E-state index is -0.861. The number of carbonyl (C=O) groups is 1. The molecule has 3 aromatic rings. The second-order valence-corrected chi connectivity index (χ2v) is 9.85. The van der Waals surface area contributed by atoms with E-state index in [1.54, 1.807) is 56.3 Å². The third-order valence-corrected chi connectivity index (χ3v) is 7.37. The zero-order chi connectivity index (χ0) is 29.0. The quantitative estimate of drug-likeness (QED) is 0.296. The second-order valence-electron chi connectivity index (χ2n) is 8.84. The number of aromatic nitrogens is 1. The van der Waals surface area contributed by atoms with Crippen molar-refractivity contribution in [3.63, 3.8) is 0 Å². The number of hydrogen-bond donors (Lipinski definition) is 1. The first-order chi connectivity index (χ1) is 19.3. The van der Waals surface area contributed by atoms with E-state index >= 15 is 0 Å². The molecule has 2 heterocycles. The van der Waals surface area contributed by atoms with Crippen LogP contribution in [0.5, 0.6) is 23.0 Å². The number of methoxy groups -OCH3 is 2. The van der Waals surface area contributed by atoms with E-state index in [-0.39, 0.29) is 29.2 Å². The van der Waals surface area contributed by atoms with Crippen molar-refractivity contribution in [1.82, 2.24) is 4.57 Å². The molecule has 0 unspecified atom stereocenters. The summed E-state index contributed by atoms with van der Waals surface area (Å²) in [5, 5.41) is 10.5. The van der Waals surface area contributed by atoms with Gasteiger partial charge in [-0.3, -0.25) is 9.36 Å². The van der Waals surface area contributed by atoms with Crippen LogP contribution in [0.1, 0.15) is 43.5 Å². The summed E-state index contributed by atoms with van der Waals surface area (Å²) in [5.41, 5.74) is 2.20. The van der Waals surface area contributed by atoms with E-state index in [0.29, 0.717) is 56.2 Å². The van der Waals surface area contributed by atoms with Crippen molar-refractivity contribution in [3.8, 4) is 23.0 Å². The Morgan fingerprint density at radius 3 is 2.58 bits per heavy atom. The van der Waals surface area contributed by atoms with Crippen LogP contribution in [0, 0.1) is 0 Å². The summed E-state index contributed by atoms with van der Waals surface area (Å²) in [6.07, 6.45) is 3.81. The highest BCUT2D eigenvalue weighted by atomic mass is 32.1. The van der Waals surface area contributed by atoms with Crippen LogP contribution >= 0.6 is 11.3 Å². The molecule has 1 aliphatic heterocycles. The molecular formula is C30H32N2O7S. The van der Waals surface area contributed by atoms with E-state index < -0.39 is 12.0 Å². The number of nitrogens with zero attached hydrogens (tertiary/aromatic N) is 2. The lowest BCUT2D eigenvalue weighted by atomic mass is 9.94. The van der Waals surface area contributed by atoms with E-state index in [2.05, 4.69) is 11.6 Å². The number of hydrogen-bond acceptors (Lipinski definition) is 9. The Balaban J connectivity index is 2.01. The molecule has 40 heavy (non-hydrogen) atoms. The Labute approximate surface area is 235 Å². The number of carbonyl (C=O) groups excluding carboxylic acids is 1. The van der Waals surface area contributed by atoms with E-state index in [0.717, 1.165) is 0 Å². The molecule has 0 amide bonds. The highest BCUT2D eigenvalue weighted by molar-refractivity contribution is 7.07. The maximum absolute atomic E-state index is 14.0. The van der Waals surface area contributed by atoms with Crippen LogP contribution in [0.2, 0.25) is 0 Å². The van der Waals surface area contributed by atoms with Gasteiger partial charge >= 0.3 is 5.97 Å². The van der Waals surface area contributed by atoms with Gasteiger partial charge in [-0.1, -0.05) is 29.5 Å². The van der Waals surface area contributed by atoms with Crippen LogP contribution in [0.4, 0.5) is 0 Å². The van der Waals surface area contributed by atoms with Crippen LogP contribution in [0.3, 0.4) is 0 Å². The number of phenols is 1. The SMILES string of the molecule is C=CCc1cc(/C=c2/sc3n(c2=O)[C@@H](c2cccc(OC)c2OCC)C(C(=O)OCC)=C(C)N=3)cc(OC)c1O. The molecule has 0 spiro atoms. The predicted octanol–water partition coefficient (Wildman–Crippen LogP) is 3.65. The average molecular weight is 565 g/mol. The monoisotopic (exact) mass is 564 g/mol. The van der Waals surface area contributed by atoms with E-state index in [1.807, 2.05) is 6.92 Å². The number of esters is 1. The summed E-state index contributed by atoms with van der Waals surface area (Å²) in [4.78, 5) is 32.3. The molecular weight excluding hydrogens is 532 g/mol. The number of fused-ring (bicyclic) bond motifs is 1. The molecule has 2 aromatic carbocycles. The molecule has 4 rings (SSSR count). The highest BCUT2D eigenvalue weighted by Gasteiger charge is 2.36. The Morgan fingerprint density at radius 1 is 1.18 bits per heavy atom. The largest absolute Gasteiger partial charge is 0.504 e. The predicted molar refractivity (Wildman–Crippen MR) is 153 cm³/mol. The van der Waals surface area contributed by atoms with Crippen molar-refractivity contribution in [1.29, 1.82) is 0 Å². The summed E-state index contributed by atoms with van der Waals surface area (Å²) in [7, 11) is 3.00. The molecule has 0 aliphatic carbocycles. The van der Waals surface area contributed by atoms with Gasteiger partial charge in [-0.2, -0.15) is 0 Å². The third kappa shape index (κ3) is 5.27. The van der Waals surface area contributed by atoms with Gasteiger partial charge in [0.1, 0.15) is 6.04 Å². The first kappa shape index (κ1) is 28.7. The van der Waals surface area contributed by atoms with Crippen LogP contribution in [0.15, 0.2) is 64.0 Å². The number of para-hydroxylation sites is 1. The van der Waals surface area contributed by atoms with E-state index in [9.17, 15) is 14.7 Å². The zero-order valence-electron chi connectivity index (χ0n) is 23.1. The fourth-order valence-corrected chi connectivity index (χ4v) is 5.73. The van der Waals surface area contributed by atoms with Crippen LogP contribution < -0.4 is 29.1 Å². The smallest absolute Gasteiger partial charge is 0.338 e. The number of thiazole rings is 1. The Bertz CT molecular complexity index is 1670. The normalized spacial score (nSPS) is 14.8. The Morgan fingerprint density at radius 2 is 1.93 bits per heavy atom. The minimum Gasteiger partial charge on any atom is -0.504 e. The summed E-state index contributed by atoms with van der Waals surface area (Å²) < 4.78 is 24.1. The molecule has 0 radical (unpaired) electrons. The van der Waals surface area contributed by atoms with Crippen molar-refractivity contribution in [2.24, 2.45) is 4.99 Å². The number of allylic oxidation sites excluding steroid dienone is 2. The lowest BCUT2D eigenvalue weighted by molar-refractivity contribution is -0.139. The summed E-state index contributed by atoms with van der Waals surface area (Å²) in [5.74, 6) is 0.656. The molecule has 210 valence electrons. The number of phenolic OH excluding ortho intramolecular Hbond substituents is 1. The molecule has 0 saturated heterocycles. The van der Waals surface area contributed by atoms with Gasteiger partial charge in [-0.05, 0) is 57.0 Å². The first-order valence-corrected chi connectivity index (χ1v) is 13.6. The summed E-state index contributed by atoms with van der Waals surface area (Å²) in [6, 6.07) is 7.92. The van der Waals surface area contributed by atoms with E-state index in [1.165, 1.54) is 30.1 Å². The van der Waals surface area contributed by atoms with Crippen molar-refractivity contribution in [2.45, 2.75) is 33.2 Å². The topological polar surface area (TPSA) is 109 Å². The van der Waals surface area contributed by atoms with Crippen LogP contribution in [-0.2, 0) is 16.0 Å². The van der Waals surface area contributed by atoms with Gasteiger partial charge < -0.3 is 24.1 Å². The molecule has 10 heteroatoms. The summed E-state index contributed by atoms with van der Waals surface area (Å²) >= 11 is 1.20. The van der Waals surface area contributed by atoms with Gasteiger partial charge in [0, 0.05) is 11.1 Å². The van der Waals surface area contributed by atoms with Crippen molar-refractivity contribution >= 4 is 23.4 Å².